The second-order valence-corrected chi connectivity index (χ2v) is 9.69. The fraction of sp³-hybridized carbons (Fsp3) is 0.320. The molecule has 0 aliphatic carbocycles. The van der Waals surface area contributed by atoms with Gasteiger partial charge in [0.1, 0.15) is 6.10 Å². The average Bonchev–Trinajstić information content (AvgIpc) is 3.38. The molecular weight excluding hydrogens is 506 g/mol. The monoisotopic (exact) mass is 527 g/mol. The maximum absolute atomic E-state index is 13.6. The Bertz CT molecular complexity index is 1200. The van der Waals surface area contributed by atoms with Gasteiger partial charge < -0.3 is 14.5 Å². The van der Waals surface area contributed by atoms with E-state index in [1.807, 2.05) is 58.3 Å². The van der Waals surface area contributed by atoms with E-state index in [-0.39, 0.29) is 17.9 Å². The molecule has 0 spiro atoms. The third kappa shape index (κ3) is 4.63. The molecule has 33 heavy (non-hydrogen) atoms. The minimum Gasteiger partial charge on any atom is -0.368 e. The van der Waals surface area contributed by atoms with Gasteiger partial charge in [-0.1, -0.05) is 39.7 Å². The minimum absolute atomic E-state index is 0.0444. The van der Waals surface area contributed by atoms with Crippen molar-refractivity contribution in [2.75, 3.05) is 32.8 Å². The summed E-state index contributed by atoms with van der Waals surface area (Å²) in [6.45, 7) is 2.66. The zero-order valence-electron chi connectivity index (χ0n) is 18.0. The van der Waals surface area contributed by atoms with Crippen molar-refractivity contribution in [3.63, 3.8) is 0 Å². The van der Waals surface area contributed by atoms with Gasteiger partial charge in [-0.3, -0.25) is 9.59 Å². The first-order valence-electron chi connectivity index (χ1n) is 11.1. The Morgan fingerprint density at radius 2 is 1.73 bits per heavy atom. The van der Waals surface area contributed by atoms with Crippen LogP contribution in [0.4, 0.5) is 0 Å². The van der Waals surface area contributed by atoms with Crippen molar-refractivity contribution in [3.8, 4) is 11.3 Å². The van der Waals surface area contributed by atoms with E-state index in [0.29, 0.717) is 43.4 Å². The number of nitrogens with zero attached hydrogens (tertiary/aromatic N) is 3. The van der Waals surface area contributed by atoms with Gasteiger partial charge in [0, 0.05) is 53.2 Å². The largest absolute Gasteiger partial charge is 0.368 e. The van der Waals surface area contributed by atoms with E-state index >= 15 is 0 Å². The van der Waals surface area contributed by atoms with Crippen LogP contribution < -0.4 is 0 Å². The van der Waals surface area contributed by atoms with Crippen molar-refractivity contribution in [2.45, 2.75) is 18.9 Å². The first-order valence-corrected chi connectivity index (χ1v) is 12.2. The summed E-state index contributed by atoms with van der Waals surface area (Å²) in [5.41, 5.74) is 2.97. The second kappa shape index (κ2) is 9.41. The Morgan fingerprint density at radius 3 is 2.42 bits per heavy atom. The van der Waals surface area contributed by atoms with Crippen molar-refractivity contribution < 1.29 is 14.3 Å². The predicted octanol–water partition coefficient (Wildman–Crippen LogP) is 4.78. The van der Waals surface area contributed by atoms with Crippen LogP contribution in [0, 0.1) is 0 Å². The van der Waals surface area contributed by atoms with Gasteiger partial charge in [0.2, 0.25) is 0 Å². The molecular formula is C25H23BrClN3O3. The Labute approximate surface area is 205 Å². The highest BCUT2D eigenvalue weighted by Gasteiger charge is 2.32. The lowest BCUT2D eigenvalue weighted by Crippen LogP contribution is -2.52. The summed E-state index contributed by atoms with van der Waals surface area (Å²) in [7, 11) is 0. The number of hydrogen-bond acceptors (Lipinski definition) is 4. The first kappa shape index (κ1) is 22.3. The standard InChI is InChI=1S/C25H23BrClN3O3/c26-17-5-8-21-19(14-17)20(15-22(28-21)16-3-6-18(27)7-4-16)24(31)29-9-11-30(12-10-29)25(32)23-2-1-13-33-23/h3-8,14-15,23H,1-2,9-13H2/t23-/m1/s1. The molecule has 0 radical (unpaired) electrons. The van der Waals surface area contributed by atoms with Gasteiger partial charge in [0.25, 0.3) is 11.8 Å². The summed E-state index contributed by atoms with van der Waals surface area (Å²) in [6, 6.07) is 15.0. The summed E-state index contributed by atoms with van der Waals surface area (Å²) >= 11 is 9.56. The van der Waals surface area contributed by atoms with Gasteiger partial charge in [-0.05, 0) is 49.2 Å². The molecule has 0 saturated carbocycles. The zero-order valence-corrected chi connectivity index (χ0v) is 20.3. The van der Waals surface area contributed by atoms with Gasteiger partial charge in [-0.15, -0.1) is 0 Å². The molecule has 5 rings (SSSR count). The number of benzene rings is 2. The highest BCUT2D eigenvalue weighted by atomic mass is 79.9. The smallest absolute Gasteiger partial charge is 0.254 e. The van der Waals surface area contributed by atoms with Gasteiger partial charge in [0.15, 0.2) is 0 Å². The molecule has 3 aromatic rings. The number of hydrogen-bond donors (Lipinski definition) is 0. The number of fused-ring (bicyclic) bond motifs is 1. The minimum atomic E-state index is -0.323. The van der Waals surface area contributed by atoms with Crippen molar-refractivity contribution in [2.24, 2.45) is 0 Å². The van der Waals surface area contributed by atoms with Crippen LogP contribution in [0.1, 0.15) is 23.2 Å². The second-order valence-electron chi connectivity index (χ2n) is 8.34. The number of amides is 2. The highest BCUT2D eigenvalue weighted by Crippen LogP contribution is 2.29. The van der Waals surface area contributed by atoms with Crippen LogP contribution in [0.3, 0.4) is 0 Å². The third-order valence-corrected chi connectivity index (χ3v) is 6.97. The van der Waals surface area contributed by atoms with Crippen LogP contribution in [0.2, 0.25) is 5.02 Å². The fourth-order valence-corrected chi connectivity index (χ4v) is 4.91. The van der Waals surface area contributed by atoms with E-state index in [9.17, 15) is 9.59 Å². The number of rotatable bonds is 3. The number of halogens is 2. The molecule has 1 aromatic heterocycles. The quantitative estimate of drug-likeness (QED) is 0.491. The van der Waals surface area contributed by atoms with Gasteiger partial charge in [0.05, 0.1) is 16.8 Å². The Balaban J connectivity index is 1.42. The number of carbonyl (C=O) groups is 2. The number of carbonyl (C=O) groups excluding carboxylic acids is 2. The Hall–Kier alpha value is -2.48. The molecule has 1 atom stereocenters. The molecule has 6 nitrogen and oxygen atoms in total. The zero-order chi connectivity index (χ0) is 22.9. The molecule has 170 valence electrons. The third-order valence-electron chi connectivity index (χ3n) is 6.22. The topological polar surface area (TPSA) is 62.7 Å². The van der Waals surface area contributed by atoms with Gasteiger partial charge in [-0.25, -0.2) is 4.98 Å². The highest BCUT2D eigenvalue weighted by molar-refractivity contribution is 9.10. The summed E-state index contributed by atoms with van der Waals surface area (Å²) in [5, 5.41) is 1.44. The van der Waals surface area contributed by atoms with Crippen molar-refractivity contribution in [3.05, 3.63) is 63.6 Å². The van der Waals surface area contributed by atoms with Crippen LogP contribution in [0.5, 0.6) is 0 Å². The predicted molar refractivity (Wildman–Crippen MR) is 131 cm³/mol. The van der Waals surface area contributed by atoms with Gasteiger partial charge >= 0.3 is 0 Å². The maximum atomic E-state index is 13.6. The molecule has 2 fully saturated rings. The summed E-state index contributed by atoms with van der Waals surface area (Å²) in [6.07, 6.45) is 1.38. The van der Waals surface area contributed by atoms with Crippen molar-refractivity contribution in [1.29, 1.82) is 0 Å². The van der Waals surface area contributed by atoms with Crippen LogP contribution in [0.15, 0.2) is 53.0 Å². The van der Waals surface area contributed by atoms with E-state index in [1.54, 1.807) is 0 Å². The van der Waals surface area contributed by atoms with E-state index in [0.717, 1.165) is 39.5 Å². The molecule has 8 heteroatoms. The van der Waals surface area contributed by atoms with Crippen LogP contribution in [0.25, 0.3) is 22.2 Å². The van der Waals surface area contributed by atoms with E-state index < -0.39 is 0 Å². The van der Waals surface area contributed by atoms with Crippen molar-refractivity contribution in [1.82, 2.24) is 14.8 Å². The Kier molecular flexibility index (Phi) is 6.36. The summed E-state index contributed by atoms with van der Waals surface area (Å²) in [4.78, 5) is 34.7. The van der Waals surface area contributed by atoms with E-state index in [2.05, 4.69) is 15.9 Å². The number of pyridine rings is 1. The van der Waals surface area contributed by atoms with Gasteiger partial charge in [-0.2, -0.15) is 0 Å². The molecule has 2 aromatic carbocycles. The van der Waals surface area contributed by atoms with Crippen LogP contribution >= 0.6 is 27.5 Å². The molecule has 0 unspecified atom stereocenters. The average molecular weight is 529 g/mol. The first-order chi connectivity index (χ1) is 16.0. The molecule has 0 bridgehead atoms. The molecule has 3 heterocycles. The normalized spacial score (nSPS) is 18.7. The van der Waals surface area contributed by atoms with Crippen LogP contribution in [-0.2, 0) is 9.53 Å². The molecule has 2 saturated heterocycles. The molecule has 2 aliphatic rings. The van der Waals surface area contributed by atoms with E-state index in [4.69, 9.17) is 21.3 Å². The maximum Gasteiger partial charge on any atom is 0.254 e. The molecule has 2 amide bonds. The number of aromatic nitrogens is 1. The molecule has 2 aliphatic heterocycles. The van der Waals surface area contributed by atoms with Crippen LogP contribution in [-0.4, -0.2) is 65.5 Å². The number of ether oxygens (including phenoxy) is 1. The fourth-order valence-electron chi connectivity index (χ4n) is 4.42. The molecule has 0 N–H and O–H groups in total. The lowest BCUT2D eigenvalue weighted by Gasteiger charge is -2.36. The SMILES string of the molecule is O=C(c1cc(-c2ccc(Cl)cc2)nc2ccc(Br)cc12)N1CCN(C(=O)[C@H]2CCCO2)CC1. The lowest BCUT2D eigenvalue weighted by atomic mass is 10.0. The van der Waals surface area contributed by atoms with E-state index in [1.165, 1.54) is 0 Å². The van der Waals surface area contributed by atoms with Crippen molar-refractivity contribution >= 4 is 50.2 Å². The summed E-state index contributed by atoms with van der Waals surface area (Å²) < 4.78 is 6.43. The number of piperazine rings is 1. The lowest BCUT2D eigenvalue weighted by molar-refractivity contribution is -0.142. The summed E-state index contributed by atoms with van der Waals surface area (Å²) in [5.74, 6) is -0.0113. The Morgan fingerprint density at radius 1 is 1.00 bits per heavy atom.